The molecule has 5 aromatic carbocycles. The zero-order chi connectivity index (χ0) is 76.0. The van der Waals surface area contributed by atoms with Gasteiger partial charge in [-0.25, -0.2) is 4.68 Å². The Morgan fingerprint density at radius 2 is 0.945 bits per heavy atom. The lowest BCUT2D eigenvalue weighted by molar-refractivity contribution is 0.0731. The van der Waals surface area contributed by atoms with Gasteiger partial charge in [-0.1, -0.05) is 203 Å². The lowest BCUT2D eigenvalue weighted by atomic mass is 9.68. The number of carbonyl (C=O) groups excluding carboxylic acids is 3. The minimum Gasteiger partial charge on any atom is -0.347 e. The first-order valence-corrected chi connectivity index (χ1v) is 44.2. The highest BCUT2D eigenvalue weighted by Gasteiger charge is 2.61. The standard InChI is InChI=1S/C32H36Cl3N3O.C31H40ClN3O.C30H36ClN3O/c1-31(2)21-13-14-32(3,18-21)30(31)36-29(39)27-24-10-5-4-8-20(15-19-7-6-9-22(33)16-19)28(24)38(37-27)26-12-11-23(34)17-25(26)35;32-25-9-6-7-20(17-25)14-23-8-4-5-12-27-28(34-35(29(23)27)26-10-2-1-3-11-26)30(36)33-31-18-21-13-22(19-31)16-24(31)15-21;1-21(23-12-4-2-5-13-23)32-30(35)28-27-18-9-8-14-24(19-22-11-10-15-25(31)20-22)29(27)34(33-28)26-16-6-3-7-17-26/h6-7,9,11-12,16-17,20-21,30H,4-5,8,10,13-15,18H2,1-3H3,(H,36,39);6-7,9,17,21-24,26H,1-5,8,10-16,18-19H2,(H,33,36);2,4-5,10-13,15,20-21,24,26H,3,6-9,14,16-19H2,1H3,(H,32,35)/t20?,21?,30-,32?;;21-,24?/m1.1/s1. The normalized spacial score (nSPS) is 26.8. The maximum atomic E-state index is 14.1. The number of aromatic nitrogens is 6. The molecule has 3 N–H and O–H groups in total. The van der Waals surface area contributed by atoms with Crippen molar-refractivity contribution < 1.29 is 14.4 Å². The van der Waals surface area contributed by atoms with E-state index in [9.17, 15) is 14.4 Å². The fraction of sp³-hybridized carbons (Fsp3) is 0.548. The molecule has 7 unspecified atom stereocenters. The Morgan fingerprint density at radius 1 is 0.473 bits per heavy atom. The number of nitrogens with one attached hydrogen (secondary N) is 3. The van der Waals surface area contributed by atoms with Crippen molar-refractivity contribution in [1.29, 1.82) is 0 Å². The van der Waals surface area contributed by atoms with E-state index in [0.29, 0.717) is 57.2 Å². The quantitative estimate of drug-likeness (QED) is 0.0823. The number of halogens is 5. The average molecular weight is 1580 g/mol. The molecule has 3 heterocycles. The van der Waals surface area contributed by atoms with Crippen LogP contribution in [0.5, 0.6) is 0 Å². The molecule has 6 bridgehead atoms. The van der Waals surface area contributed by atoms with Crippen LogP contribution in [0, 0.1) is 34.5 Å². The molecule has 0 radical (unpaired) electrons. The van der Waals surface area contributed by atoms with E-state index in [-0.39, 0.29) is 52.1 Å². The van der Waals surface area contributed by atoms with Gasteiger partial charge in [0, 0.05) is 77.5 Å². The molecule has 110 heavy (non-hydrogen) atoms. The molecule has 11 aliphatic rings. The molecule has 11 aliphatic carbocycles. The van der Waals surface area contributed by atoms with Crippen molar-refractivity contribution in [2.45, 2.75) is 287 Å². The van der Waals surface area contributed by atoms with Crippen LogP contribution in [0.2, 0.25) is 25.1 Å². The van der Waals surface area contributed by atoms with Gasteiger partial charge in [0.1, 0.15) is 0 Å². The van der Waals surface area contributed by atoms with Crippen molar-refractivity contribution in [1.82, 2.24) is 45.3 Å². The van der Waals surface area contributed by atoms with Crippen molar-refractivity contribution in [2.75, 3.05) is 0 Å². The second kappa shape index (κ2) is 33.2. The second-order valence-electron chi connectivity index (χ2n) is 36.0. The largest absolute Gasteiger partial charge is 0.347 e. The molecule has 19 rings (SSSR count). The van der Waals surface area contributed by atoms with Gasteiger partial charge in [0.25, 0.3) is 17.7 Å². The van der Waals surface area contributed by atoms with E-state index in [1.54, 1.807) is 6.07 Å². The predicted molar refractivity (Wildman–Crippen MR) is 445 cm³/mol. The van der Waals surface area contributed by atoms with Crippen LogP contribution in [-0.4, -0.2) is 58.6 Å². The summed E-state index contributed by atoms with van der Waals surface area (Å²) in [6, 6.07) is 41.2. The molecule has 8 saturated carbocycles. The maximum absolute atomic E-state index is 14.1. The number of rotatable bonds is 16. The molecule has 3 amide bonds. The summed E-state index contributed by atoms with van der Waals surface area (Å²) in [6.07, 6.45) is 37.9. The smallest absolute Gasteiger partial charge is 0.272 e. The first-order valence-electron chi connectivity index (χ1n) is 42.3. The van der Waals surface area contributed by atoms with Gasteiger partial charge in [-0.3, -0.25) is 23.7 Å². The number of benzene rings is 5. The number of hydrogen-bond acceptors (Lipinski definition) is 6. The molecule has 9 atom stereocenters. The van der Waals surface area contributed by atoms with E-state index in [1.165, 1.54) is 155 Å². The summed E-state index contributed by atoms with van der Waals surface area (Å²) in [7, 11) is 0. The van der Waals surface area contributed by atoms with Gasteiger partial charge >= 0.3 is 0 Å². The highest BCUT2D eigenvalue weighted by atomic mass is 35.5. The van der Waals surface area contributed by atoms with Crippen LogP contribution in [0.1, 0.15) is 324 Å². The van der Waals surface area contributed by atoms with Crippen molar-refractivity contribution in [3.63, 3.8) is 0 Å². The zero-order valence-electron chi connectivity index (χ0n) is 65.0. The molecule has 8 aromatic rings. The lowest BCUT2D eigenvalue weighted by Crippen LogP contribution is -2.52. The summed E-state index contributed by atoms with van der Waals surface area (Å²) in [6.45, 7) is 9.04. The number of fused-ring (bicyclic) bond motifs is 5. The fourth-order valence-electron chi connectivity index (χ4n) is 23.2. The van der Waals surface area contributed by atoms with E-state index >= 15 is 0 Å². The van der Waals surface area contributed by atoms with Crippen LogP contribution in [0.3, 0.4) is 0 Å². The fourth-order valence-corrected chi connectivity index (χ4v) is 24.3. The maximum Gasteiger partial charge on any atom is 0.272 e. The van der Waals surface area contributed by atoms with Gasteiger partial charge in [0.2, 0.25) is 0 Å². The van der Waals surface area contributed by atoms with Gasteiger partial charge in [0.05, 0.1) is 34.5 Å². The topological polar surface area (TPSA) is 141 Å². The van der Waals surface area contributed by atoms with Crippen LogP contribution >= 0.6 is 58.0 Å². The zero-order valence-corrected chi connectivity index (χ0v) is 68.8. The van der Waals surface area contributed by atoms with Gasteiger partial charge in [0.15, 0.2) is 17.1 Å². The van der Waals surface area contributed by atoms with Crippen LogP contribution < -0.4 is 16.0 Å². The summed E-state index contributed by atoms with van der Waals surface area (Å²) in [5, 5.41) is 29.2. The van der Waals surface area contributed by atoms with E-state index in [2.05, 4.69) is 94.6 Å². The summed E-state index contributed by atoms with van der Waals surface area (Å²) >= 11 is 32.0. The van der Waals surface area contributed by atoms with Gasteiger partial charge in [-0.05, 0) is 272 Å². The number of hydrogen-bond donors (Lipinski definition) is 3. The van der Waals surface area contributed by atoms with Crippen LogP contribution in [0.15, 0.2) is 121 Å². The molecule has 0 spiro atoms. The average Bonchev–Trinajstić information content (AvgIpc) is 1.58. The molecule has 17 heteroatoms. The summed E-state index contributed by atoms with van der Waals surface area (Å²) in [5.74, 6) is 3.96. The van der Waals surface area contributed by atoms with Gasteiger partial charge < -0.3 is 16.0 Å². The molecular weight excluding hydrogens is 1470 g/mol. The van der Waals surface area contributed by atoms with E-state index in [1.807, 2.05) is 78.3 Å². The van der Waals surface area contributed by atoms with E-state index in [0.717, 1.165) is 151 Å². The van der Waals surface area contributed by atoms with Crippen LogP contribution in [0.4, 0.5) is 0 Å². The lowest BCUT2D eigenvalue weighted by Gasteiger charge is -2.43. The molecule has 0 saturated heterocycles. The number of amides is 3. The van der Waals surface area contributed by atoms with E-state index in [4.69, 9.17) is 73.3 Å². The SMILES string of the molecule is CC12CCC(C1)C(C)(C)[C@H]2NC(=O)c1nn(-c2ccc(Cl)cc2Cl)c2c1CCCCC2Cc1cccc(Cl)c1.C[C@@H](NC(=O)c1nn(C2CCCCC2)c2c1CCCCC2Cc1cccc(Cl)c1)c1ccccc1.O=C(NC12CC3CC(CC1C3)C2)c1nn(C2CCCCC2)c2c1CCCCC2Cc1cccc(Cl)c1. The Hall–Kier alpha value is -6.41. The molecule has 3 aromatic heterocycles. The van der Waals surface area contributed by atoms with Crippen LogP contribution in [0.25, 0.3) is 5.69 Å². The van der Waals surface area contributed by atoms with Crippen molar-refractivity contribution in [3.8, 4) is 5.69 Å². The molecule has 12 nitrogen and oxygen atoms in total. The highest BCUT2D eigenvalue weighted by molar-refractivity contribution is 6.36. The Balaban J connectivity index is 0.000000126. The number of carbonyl (C=O) groups is 3. The first kappa shape index (κ1) is 77.5. The van der Waals surface area contributed by atoms with E-state index < -0.39 is 0 Å². The molecule has 8 fully saturated rings. The third kappa shape index (κ3) is 16.2. The Kier molecular flexibility index (Phi) is 23.4. The minimum absolute atomic E-state index is 0.0458. The Morgan fingerprint density at radius 3 is 1.44 bits per heavy atom. The molecule has 0 aliphatic heterocycles. The predicted octanol–water partition coefficient (Wildman–Crippen LogP) is 23.8. The van der Waals surface area contributed by atoms with Crippen molar-refractivity contribution >= 4 is 75.7 Å². The van der Waals surface area contributed by atoms with Gasteiger partial charge in [-0.15, -0.1) is 0 Å². The monoisotopic (exact) mass is 1580 g/mol. The summed E-state index contributed by atoms with van der Waals surface area (Å²) in [5.41, 5.74) is 15.0. The minimum atomic E-state index is -0.0645. The van der Waals surface area contributed by atoms with Crippen molar-refractivity contribution in [2.24, 2.45) is 34.5 Å². The van der Waals surface area contributed by atoms with Gasteiger partial charge in [-0.2, -0.15) is 15.3 Å². The first-order chi connectivity index (χ1) is 53.2. The third-order valence-electron chi connectivity index (χ3n) is 28.3. The Labute approximate surface area is 677 Å². The van der Waals surface area contributed by atoms with Crippen molar-refractivity contribution in [3.05, 3.63) is 220 Å². The Bertz CT molecular complexity index is 4620. The summed E-state index contributed by atoms with van der Waals surface area (Å²) < 4.78 is 6.58. The third-order valence-corrected chi connectivity index (χ3v) is 29.5. The second-order valence-corrected chi connectivity index (χ2v) is 38.2. The summed E-state index contributed by atoms with van der Waals surface area (Å²) in [4.78, 5) is 41.8. The van der Waals surface area contributed by atoms with Crippen LogP contribution in [-0.2, 0) is 38.5 Å². The molecule has 582 valence electrons. The number of nitrogens with zero attached hydrogens (tertiary/aromatic N) is 6. The molecular formula is C93H112Cl5N9O3. The highest BCUT2D eigenvalue weighted by Crippen LogP contribution is 2.63.